The van der Waals surface area contributed by atoms with E-state index in [1.807, 2.05) is 19.0 Å². The number of rotatable bonds is 11. The van der Waals surface area contributed by atoms with Gasteiger partial charge in [-0.25, -0.2) is 0 Å². The first kappa shape index (κ1) is 18.0. The van der Waals surface area contributed by atoms with Gasteiger partial charge >= 0.3 is 0 Å². The lowest BCUT2D eigenvalue weighted by atomic mass is 10.1. The normalized spacial score (nSPS) is 10.7. The lowest BCUT2D eigenvalue weighted by molar-refractivity contribution is 0.580. The van der Waals surface area contributed by atoms with Crippen molar-refractivity contribution < 1.29 is 0 Å². The van der Waals surface area contributed by atoms with Crippen molar-refractivity contribution in [2.75, 3.05) is 30.9 Å². The van der Waals surface area contributed by atoms with E-state index in [2.05, 4.69) is 27.2 Å². The Bertz CT molecular complexity index is 398. The SMILES string of the molecule is CCCCCCCCCCNc1nc(Cl)nc(N(C)C)n1. The van der Waals surface area contributed by atoms with Gasteiger partial charge < -0.3 is 10.2 Å². The van der Waals surface area contributed by atoms with Crippen molar-refractivity contribution in [2.45, 2.75) is 58.3 Å². The third kappa shape index (κ3) is 8.05. The molecule has 5 nitrogen and oxygen atoms in total. The van der Waals surface area contributed by atoms with Gasteiger partial charge in [-0.05, 0) is 18.0 Å². The van der Waals surface area contributed by atoms with E-state index in [9.17, 15) is 0 Å². The summed E-state index contributed by atoms with van der Waals surface area (Å²) >= 11 is 5.89. The summed E-state index contributed by atoms with van der Waals surface area (Å²) in [6.07, 6.45) is 10.5. The number of nitrogens with one attached hydrogen (secondary N) is 1. The zero-order valence-corrected chi connectivity index (χ0v) is 14.3. The Morgan fingerprint density at radius 2 is 1.52 bits per heavy atom. The van der Waals surface area contributed by atoms with Gasteiger partial charge in [-0.3, -0.25) is 0 Å². The highest BCUT2D eigenvalue weighted by atomic mass is 35.5. The Balaban J connectivity index is 2.15. The first-order valence-corrected chi connectivity index (χ1v) is 8.34. The maximum absolute atomic E-state index is 5.89. The minimum Gasteiger partial charge on any atom is -0.354 e. The molecule has 0 radical (unpaired) electrons. The molecule has 0 fully saturated rings. The van der Waals surface area contributed by atoms with E-state index in [-0.39, 0.29) is 5.28 Å². The van der Waals surface area contributed by atoms with Gasteiger partial charge in [0, 0.05) is 20.6 Å². The van der Waals surface area contributed by atoms with Crippen molar-refractivity contribution in [3.05, 3.63) is 5.28 Å². The summed E-state index contributed by atoms with van der Waals surface area (Å²) in [4.78, 5) is 14.3. The average molecular weight is 314 g/mol. The van der Waals surface area contributed by atoms with Crippen LogP contribution in [-0.2, 0) is 0 Å². The molecule has 0 amide bonds. The maximum Gasteiger partial charge on any atom is 0.230 e. The van der Waals surface area contributed by atoms with Gasteiger partial charge in [0.1, 0.15) is 0 Å². The van der Waals surface area contributed by atoms with Crippen LogP contribution in [0.3, 0.4) is 0 Å². The molecule has 1 heterocycles. The Morgan fingerprint density at radius 3 is 2.14 bits per heavy atom. The molecular weight excluding hydrogens is 286 g/mol. The number of hydrogen-bond donors (Lipinski definition) is 1. The van der Waals surface area contributed by atoms with Crippen LogP contribution < -0.4 is 10.2 Å². The largest absolute Gasteiger partial charge is 0.354 e. The summed E-state index contributed by atoms with van der Waals surface area (Å²) in [5.41, 5.74) is 0. The Kier molecular flexibility index (Phi) is 9.06. The van der Waals surface area contributed by atoms with E-state index in [1.165, 1.54) is 44.9 Å². The number of hydrogen-bond acceptors (Lipinski definition) is 5. The number of unbranched alkanes of at least 4 members (excludes halogenated alkanes) is 7. The monoisotopic (exact) mass is 313 g/mol. The Hall–Kier alpha value is -1.10. The van der Waals surface area contributed by atoms with Crippen LogP contribution >= 0.6 is 11.6 Å². The van der Waals surface area contributed by atoms with Crippen molar-refractivity contribution in [1.29, 1.82) is 0 Å². The van der Waals surface area contributed by atoms with Gasteiger partial charge in [-0.15, -0.1) is 0 Å². The molecule has 0 spiro atoms. The van der Waals surface area contributed by atoms with Crippen molar-refractivity contribution in [3.8, 4) is 0 Å². The zero-order valence-electron chi connectivity index (χ0n) is 13.5. The molecule has 0 aromatic carbocycles. The second-order valence-electron chi connectivity index (χ2n) is 5.52. The van der Waals surface area contributed by atoms with Crippen molar-refractivity contribution in [3.63, 3.8) is 0 Å². The van der Waals surface area contributed by atoms with Crippen LogP contribution in [0.1, 0.15) is 58.3 Å². The summed E-state index contributed by atoms with van der Waals surface area (Å²) in [7, 11) is 3.77. The lowest BCUT2D eigenvalue weighted by Gasteiger charge is -2.11. The zero-order chi connectivity index (χ0) is 15.5. The molecule has 0 aliphatic carbocycles. The molecule has 0 atom stereocenters. The molecule has 1 rings (SSSR count). The summed E-state index contributed by atoms with van der Waals surface area (Å²) in [6, 6.07) is 0. The number of aromatic nitrogens is 3. The van der Waals surface area contributed by atoms with Crippen molar-refractivity contribution in [2.24, 2.45) is 0 Å². The maximum atomic E-state index is 5.89. The summed E-state index contributed by atoms with van der Waals surface area (Å²) in [5, 5.41) is 3.45. The third-order valence-electron chi connectivity index (χ3n) is 3.31. The van der Waals surface area contributed by atoms with Gasteiger partial charge in [0.05, 0.1) is 0 Å². The topological polar surface area (TPSA) is 53.9 Å². The summed E-state index contributed by atoms with van der Waals surface area (Å²) in [6.45, 7) is 3.13. The molecule has 1 aromatic heterocycles. The molecule has 0 saturated heterocycles. The minimum atomic E-state index is 0.229. The van der Waals surface area contributed by atoms with Gasteiger partial charge in [0.15, 0.2) is 0 Å². The standard InChI is InChI=1S/C15H28ClN5/c1-4-5-6-7-8-9-10-11-12-17-14-18-13(16)19-15(20-14)21(2)3/h4-12H2,1-3H3,(H,17,18,19,20). The van der Waals surface area contributed by atoms with Crippen LogP contribution in [0.4, 0.5) is 11.9 Å². The lowest BCUT2D eigenvalue weighted by Crippen LogP contribution is -2.15. The molecule has 0 aliphatic heterocycles. The molecule has 0 saturated carbocycles. The molecule has 0 unspecified atom stereocenters. The molecular formula is C15H28ClN5. The van der Waals surface area contributed by atoms with Crippen molar-refractivity contribution >= 4 is 23.5 Å². The van der Waals surface area contributed by atoms with Gasteiger partial charge in [-0.2, -0.15) is 15.0 Å². The first-order chi connectivity index (χ1) is 10.1. The number of nitrogens with zero attached hydrogens (tertiary/aromatic N) is 4. The van der Waals surface area contributed by atoms with Gasteiger partial charge in [0.2, 0.25) is 17.2 Å². The highest BCUT2D eigenvalue weighted by Crippen LogP contribution is 2.12. The van der Waals surface area contributed by atoms with Crippen LogP contribution in [0.15, 0.2) is 0 Å². The van der Waals surface area contributed by atoms with E-state index in [0.717, 1.165) is 13.0 Å². The fourth-order valence-electron chi connectivity index (χ4n) is 2.08. The van der Waals surface area contributed by atoms with E-state index in [0.29, 0.717) is 11.9 Å². The molecule has 120 valence electrons. The van der Waals surface area contributed by atoms with Gasteiger partial charge in [0.25, 0.3) is 0 Å². The Morgan fingerprint density at radius 1 is 0.905 bits per heavy atom. The van der Waals surface area contributed by atoms with Gasteiger partial charge in [-0.1, -0.05) is 51.9 Å². The molecule has 21 heavy (non-hydrogen) atoms. The van der Waals surface area contributed by atoms with Crippen LogP contribution in [0.25, 0.3) is 0 Å². The first-order valence-electron chi connectivity index (χ1n) is 7.96. The quantitative estimate of drug-likeness (QED) is 0.622. The second-order valence-corrected chi connectivity index (χ2v) is 5.86. The van der Waals surface area contributed by atoms with Crippen LogP contribution in [0, 0.1) is 0 Å². The third-order valence-corrected chi connectivity index (χ3v) is 3.48. The average Bonchev–Trinajstić information content (AvgIpc) is 2.45. The fourth-order valence-corrected chi connectivity index (χ4v) is 2.23. The molecule has 0 bridgehead atoms. The molecule has 6 heteroatoms. The molecule has 0 aliphatic rings. The van der Waals surface area contributed by atoms with E-state index in [4.69, 9.17) is 11.6 Å². The van der Waals surface area contributed by atoms with Crippen LogP contribution in [-0.4, -0.2) is 35.6 Å². The highest BCUT2D eigenvalue weighted by Gasteiger charge is 2.05. The van der Waals surface area contributed by atoms with E-state index >= 15 is 0 Å². The van der Waals surface area contributed by atoms with Crippen LogP contribution in [0.5, 0.6) is 0 Å². The van der Waals surface area contributed by atoms with E-state index in [1.54, 1.807) is 0 Å². The number of halogens is 1. The highest BCUT2D eigenvalue weighted by molar-refractivity contribution is 6.28. The minimum absolute atomic E-state index is 0.229. The summed E-state index contributed by atoms with van der Waals surface area (Å²) in [5.74, 6) is 1.13. The predicted octanol–water partition coefficient (Wildman–Crippen LogP) is 4.14. The fraction of sp³-hybridized carbons (Fsp3) is 0.800. The van der Waals surface area contributed by atoms with E-state index < -0.39 is 0 Å². The van der Waals surface area contributed by atoms with Crippen molar-refractivity contribution in [1.82, 2.24) is 15.0 Å². The second kappa shape index (κ2) is 10.6. The smallest absolute Gasteiger partial charge is 0.230 e. The Labute approximate surface area is 133 Å². The molecule has 1 aromatic rings. The molecule has 1 N–H and O–H groups in total. The number of anilines is 2. The predicted molar refractivity (Wildman–Crippen MR) is 90.3 cm³/mol. The van der Waals surface area contributed by atoms with Crippen LogP contribution in [0.2, 0.25) is 5.28 Å². The summed E-state index contributed by atoms with van der Waals surface area (Å²) < 4.78 is 0.